The molecule has 0 aliphatic rings. The lowest BCUT2D eigenvalue weighted by Gasteiger charge is -2.15. The van der Waals surface area contributed by atoms with Gasteiger partial charge in [0.15, 0.2) is 0 Å². The third kappa shape index (κ3) is 3.64. The van der Waals surface area contributed by atoms with Crippen molar-refractivity contribution >= 4 is 5.71 Å². The molecule has 0 atom stereocenters. The fraction of sp³-hybridized carbons (Fsp3) is 0.545. The smallest absolute Gasteiger partial charge is 0.0575 e. The van der Waals surface area contributed by atoms with Crippen LogP contribution in [0, 0.1) is 0 Å². The molecule has 0 saturated carbocycles. The highest BCUT2D eigenvalue weighted by Gasteiger charge is 2.05. The first kappa shape index (κ1) is 12.8. The number of nitrogens with zero attached hydrogens (tertiary/aromatic N) is 1. The zero-order valence-corrected chi connectivity index (χ0v) is 9.81. The molecule has 0 aliphatic carbocycles. The zero-order valence-electron chi connectivity index (χ0n) is 9.81. The van der Waals surface area contributed by atoms with Gasteiger partial charge in [0.05, 0.1) is 11.4 Å². The fourth-order valence-corrected chi connectivity index (χ4v) is 1.01. The topological polar surface area (TPSA) is 50.4 Å². The molecular formula is C11H21N3. The molecule has 0 amide bonds. The van der Waals surface area contributed by atoms with Gasteiger partial charge in [-0.1, -0.05) is 6.58 Å². The van der Waals surface area contributed by atoms with Crippen LogP contribution in [-0.4, -0.2) is 18.8 Å². The van der Waals surface area contributed by atoms with Crippen molar-refractivity contribution in [2.75, 3.05) is 7.05 Å². The molecule has 0 heterocycles. The third-order valence-electron chi connectivity index (χ3n) is 2.04. The Morgan fingerprint density at radius 2 is 1.86 bits per heavy atom. The number of hydrogen-bond donors (Lipinski definition) is 2. The number of nitrogens with one attached hydrogen (secondary N) is 1. The first-order valence-corrected chi connectivity index (χ1v) is 4.76. The molecule has 14 heavy (non-hydrogen) atoms. The summed E-state index contributed by atoms with van der Waals surface area (Å²) in [6.45, 7) is 11.9. The molecule has 0 rings (SSSR count). The number of rotatable bonds is 4. The Hall–Kier alpha value is -1.25. The molecule has 0 bridgehead atoms. The maximum atomic E-state index is 5.90. The van der Waals surface area contributed by atoms with Crippen molar-refractivity contribution in [1.82, 2.24) is 5.32 Å². The van der Waals surface area contributed by atoms with E-state index < -0.39 is 0 Å². The van der Waals surface area contributed by atoms with Gasteiger partial charge in [0.25, 0.3) is 0 Å². The summed E-state index contributed by atoms with van der Waals surface area (Å²) in [6.07, 6.45) is 0. The Bertz CT molecular complexity index is 272. The average Bonchev–Trinajstić information content (AvgIpc) is 2.13. The molecule has 0 aromatic heterocycles. The van der Waals surface area contributed by atoms with Crippen LogP contribution in [0.5, 0.6) is 0 Å². The minimum absolute atomic E-state index is 0.365. The summed E-state index contributed by atoms with van der Waals surface area (Å²) in [5.41, 5.74) is 9.26. The molecule has 3 heteroatoms. The van der Waals surface area contributed by atoms with Crippen LogP contribution in [0.4, 0.5) is 0 Å². The fourth-order valence-electron chi connectivity index (χ4n) is 1.01. The van der Waals surface area contributed by atoms with Crippen molar-refractivity contribution in [1.29, 1.82) is 0 Å². The Kier molecular flexibility index (Phi) is 4.99. The highest BCUT2D eigenvalue weighted by Crippen LogP contribution is 2.08. The second-order valence-corrected chi connectivity index (χ2v) is 3.63. The van der Waals surface area contributed by atoms with E-state index in [0.717, 1.165) is 17.0 Å². The molecule has 0 saturated heterocycles. The minimum atomic E-state index is 0.365. The van der Waals surface area contributed by atoms with E-state index in [4.69, 9.17) is 5.73 Å². The molecule has 3 nitrogen and oxygen atoms in total. The number of allylic oxidation sites excluding steroid dienone is 2. The van der Waals surface area contributed by atoms with E-state index >= 15 is 0 Å². The van der Waals surface area contributed by atoms with Crippen LogP contribution in [-0.2, 0) is 0 Å². The Morgan fingerprint density at radius 3 is 2.21 bits per heavy atom. The molecule has 0 aromatic carbocycles. The van der Waals surface area contributed by atoms with Gasteiger partial charge < -0.3 is 11.1 Å². The van der Waals surface area contributed by atoms with E-state index in [0.29, 0.717) is 11.7 Å². The largest absolute Gasteiger partial charge is 0.397 e. The normalized spacial score (nSPS) is 14.0. The summed E-state index contributed by atoms with van der Waals surface area (Å²) in [5, 5.41) is 3.22. The maximum absolute atomic E-state index is 5.90. The van der Waals surface area contributed by atoms with Gasteiger partial charge in [-0.05, 0) is 33.3 Å². The van der Waals surface area contributed by atoms with E-state index in [1.54, 1.807) is 7.05 Å². The highest BCUT2D eigenvalue weighted by molar-refractivity contribution is 5.98. The standard InChI is InChI=1S/C11H21N3/c1-7(2)14-9(4)8(3)11(12)10(5)13-6/h7,14H,4,12H2,1-3,5-6H3/b11-8+,13-10?. The Balaban J connectivity index is 4.74. The summed E-state index contributed by atoms with van der Waals surface area (Å²) in [4.78, 5) is 4.04. The van der Waals surface area contributed by atoms with Gasteiger partial charge in [-0.15, -0.1) is 0 Å². The summed E-state index contributed by atoms with van der Waals surface area (Å²) < 4.78 is 0. The SMILES string of the molecule is C=C(NC(C)C)/C(C)=C(/N)C(C)=NC. The highest BCUT2D eigenvalue weighted by atomic mass is 14.9. The van der Waals surface area contributed by atoms with Crippen molar-refractivity contribution in [3.63, 3.8) is 0 Å². The molecule has 0 fully saturated rings. The van der Waals surface area contributed by atoms with E-state index in [1.807, 2.05) is 13.8 Å². The van der Waals surface area contributed by atoms with E-state index in [-0.39, 0.29) is 0 Å². The van der Waals surface area contributed by atoms with E-state index in [2.05, 4.69) is 30.7 Å². The van der Waals surface area contributed by atoms with Crippen molar-refractivity contribution in [2.24, 2.45) is 10.7 Å². The van der Waals surface area contributed by atoms with Gasteiger partial charge in [0.1, 0.15) is 0 Å². The van der Waals surface area contributed by atoms with Crippen molar-refractivity contribution in [3.8, 4) is 0 Å². The van der Waals surface area contributed by atoms with Crippen LogP contribution in [0.1, 0.15) is 27.7 Å². The minimum Gasteiger partial charge on any atom is -0.397 e. The van der Waals surface area contributed by atoms with Crippen molar-refractivity contribution in [3.05, 3.63) is 23.5 Å². The number of aliphatic imine (C=N–C) groups is 1. The van der Waals surface area contributed by atoms with Gasteiger partial charge in [0.2, 0.25) is 0 Å². The molecule has 0 aromatic rings. The van der Waals surface area contributed by atoms with E-state index in [1.165, 1.54) is 0 Å². The predicted octanol–water partition coefficient (Wildman–Crippen LogP) is 1.82. The molecule has 0 aliphatic heterocycles. The first-order valence-electron chi connectivity index (χ1n) is 4.76. The summed E-state index contributed by atoms with van der Waals surface area (Å²) >= 11 is 0. The monoisotopic (exact) mass is 195 g/mol. The Labute approximate surface area is 86.8 Å². The number of nitrogens with two attached hydrogens (primary N) is 1. The quantitative estimate of drug-likeness (QED) is 0.531. The number of hydrogen-bond acceptors (Lipinski definition) is 3. The Morgan fingerprint density at radius 1 is 1.36 bits per heavy atom. The van der Waals surface area contributed by atoms with Crippen LogP contribution >= 0.6 is 0 Å². The van der Waals surface area contributed by atoms with Crippen LogP contribution in [0.3, 0.4) is 0 Å². The predicted molar refractivity (Wildman–Crippen MR) is 63.3 cm³/mol. The summed E-state index contributed by atoms with van der Waals surface area (Å²) in [5.74, 6) is 0. The zero-order chi connectivity index (χ0) is 11.3. The third-order valence-corrected chi connectivity index (χ3v) is 2.04. The van der Waals surface area contributed by atoms with Gasteiger partial charge in [-0.3, -0.25) is 4.99 Å². The first-order chi connectivity index (χ1) is 6.40. The lowest BCUT2D eigenvalue weighted by molar-refractivity contribution is 0.675. The van der Waals surface area contributed by atoms with Crippen LogP contribution < -0.4 is 11.1 Å². The van der Waals surface area contributed by atoms with Crippen LogP contribution in [0.25, 0.3) is 0 Å². The lowest BCUT2D eigenvalue weighted by atomic mass is 10.1. The van der Waals surface area contributed by atoms with Crippen LogP contribution in [0.15, 0.2) is 28.5 Å². The molecule has 80 valence electrons. The maximum Gasteiger partial charge on any atom is 0.0575 e. The molecule has 0 unspecified atom stereocenters. The van der Waals surface area contributed by atoms with Gasteiger partial charge in [-0.25, -0.2) is 0 Å². The molecular weight excluding hydrogens is 174 g/mol. The van der Waals surface area contributed by atoms with Crippen LogP contribution in [0.2, 0.25) is 0 Å². The molecule has 3 N–H and O–H groups in total. The van der Waals surface area contributed by atoms with Gasteiger partial charge >= 0.3 is 0 Å². The van der Waals surface area contributed by atoms with Gasteiger partial charge in [0, 0.05) is 18.8 Å². The average molecular weight is 195 g/mol. The summed E-state index contributed by atoms with van der Waals surface area (Å²) in [7, 11) is 1.73. The van der Waals surface area contributed by atoms with Gasteiger partial charge in [-0.2, -0.15) is 0 Å². The second kappa shape index (κ2) is 5.47. The van der Waals surface area contributed by atoms with Crippen molar-refractivity contribution < 1.29 is 0 Å². The lowest BCUT2D eigenvalue weighted by Crippen LogP contribution is -2.24. The second-order valence-electron chi connectivity index (χ2n) is 3.63. The summed E-state index contributed by atoms with van der Waals surface area (Å²) in [6, 6.07) is 0.365. The van der Waals surface area contributed by atoms with Crippen molar-refractivity contribution in [2.45, 2.75) is 33.7 Å². The molecule has 0 radical (unpaired) electrons. The van der Waals surface area contributed by atoms with E-state index in [9.17, 15) is 0 Å². The molecule has 0 spiro atoms.